The van der Waals surface area contributed by atoms with E-state index in [-0.39, 0.29) is 23.9 Å². The fourth-order valence-corrected chi connectivity index (χ4v) is 4.43. The zero-order valence-corrected chi connectivity index (χ0v) is 17.7. The summed E-state index contributed by atoms with van der Waals surface area (Å²) in [5.74, 6) is -0.105. The molecule has 0 radical (unpaired) electrons. The van der Waals surface area contributed by atoms with Gasteiger partial charge in [0.2, 0.25) is 5.91 Å². The van der Waals surface area contributed by atoms with Crippen LogP contribution in [0.5, 0.6) is 0 Å². The van der Waals surface area contributed by atoms with Crippen LogP contribution < -0.4 is 9.80 Å². The highest BCUT2D eigenvalue weighted by Gasteiger charge is 2.38. The van der Waals surface area contributed by atoms with E-state index in [1.807, 2.05) is 84.6 Å². The van der Waals surface area contributed by atoms with Gasteiger partial charge in [-0.1, -0.05) is 48.0 Å². The first-order valence-corrected chi connectivity index (χ1v) is 10.4. The van der Waals surface area contributed by atoms with E-state index in [9.17, 15) is 9.59 Å². The van der Waals surface area contributed by atoms with Gasteiger partial charge in [-0.15, -0.1) is 0 Å². The number of rotatable bonds is 3. The summed E-state index contributed by atoms with van der Waals surface area (Å²) >= 11 is 6.35. The Balaban J connectivity index is 1.82. The summed E-state index contributed by atoms with van der Waals surface area (Å²) < 4.78 is 0. The van der Waals surface area contributed by atoms with Gasteiger partial charge in [-0.3, -0.25) is 9.59 Å². The topological polar surface area (TPSA) is 40.6 Å². The molecule has 1 heterocycles. The Bertz CT molecular complexity index is 1070. The first-order valence-electron chi connectivity index (χ1n) is 10.00. The Morgan fingerprint density at radius 2 is 1.60 bits per heavy atom. The van der Waals surface area contributed by atoms with Crippen molar-refractivity contribution < 1.29 is 9.59 Å². The lowest BCUT2D eigenvalue weighted by Gasteiger charge is -2.43. The number of nitrogens with zero attached hydrogens (tertiary/aromatic N) is 2. The van der Waals surface area contributed by atoms with Gasteiger partial charge in [0.05, 0.1) is 6.04 Å². The van der Waals surface area contributed by atoms with E-state index in [2.05, 4.69) is 0 Å². The van der Waals surface area contributed by atoms with E-state index in [1.165, 1.54) is 0 Å². The van der Waals surface area contributed by atoms with Crippen LogP contribution in [0.3, 0.4) is 0 Å². The van der Waals surface area contributed by atoms with Crippen LogP contribution in [0.1, 0.15) is 42.2 Å². The molecule has 0 saturated heterocycles. The minimum Gasteiger partial charge on any atom is -0.305 e. The maximum absolute atomic E-state index is 13.4. The van der Waals surface area contributed by atoms with Crippen LogP contribution in [0.25, 0.3) is 0 Å². The Labute approximate surface area is 181 Å². The Hall–Kier alpha value is -3.11. The van der Waals surface area contributed by atoms with Crippen LogP contribution in [0.2, 0.25) is 5.02 Å². The second-order valence-corrected chi connectivity index (χ2v) is 8.01. The molecular weight excluding hydrogens is 396 g/mol. The minimum absolute atomic E-state index is 0.0489. The molecule has 2 atom stereocenters. The maximum atomic E-state index is 13.4. The fraction of sp³-hybridized carbons (Fsp3) is 0.200. The fourth-order valence-electron chi connectivity index (χ4n) is 4.25. The Morgan fingerprint density at radius 1 is 0.967 bits per heavy atom. The van der Waals surface area contributed by atoms with Gasteiger partial charge in [0.25, 0.3) is 5.91 Å². The zero-order valence-electron chi connectivity index (χ0n) is 17.0. The van der Waals surface area contributed by atoms with Crippen LogP contribution in [-0.2, 0) is 4.79 Å². The molecule has 0 unspecified atom stereocenters. The molecule has 0 saturated carbocycles. The number of fused-ring (bicyclic) bond motifs is 1. The van der Waals surface area contributed by atoms with Crippen molar-refractivity contribution in [1.82, 2.24) is 0 Å². The number of amides is 2. The van der Waals surface area contributed by atoms with E-state index in [0.717, 1.165) is 16.9 Å². The van der Waals surface area contributed by atoms with E-state index in [1.54, 1.807) is 17.9 Å². The molecule has 4 rings (SSSR count). The van der Waals surface area contributed by atoms with E-state index in [4.69, 9.17) is 11.6 Å². The molecule has 4 nitrogen and oxygen atoms in total. The molecule has 0 N–H and O–H groups in total. The number of halogens is 1. The second-order valence-electron chi connectivity index (χ2n) is 7.57. The van der Waals surface area contributed by atoms with Crippen LogP contribution in [-0.4, -0.2) is 17.9 Å². The van der Waals surface area contributed by atoms with Gasteiger partial charge in [-0.2, -0.15) is 0 Å². The molecule has 0 aliphatic carbocycles. The van der Waals surface area contributed by atoms with Crippen LogP contribution in [0, 0.1) is 0 Å². The molecule has 1 aliphatic rings. The largest absolute Gasteiger partial charge is 0.305 e. The van der Waals surface area contributed by atoms with Crippen molar-refractivity contribution in [3.05, 3.63) is 95.0 Å². The first-order chi connectivity index (χ1) is 14.5. The van der Waals surface area contributed by atoms with Crippen molar-refractivity contribution in [3.63, 3.8) is 0 Å². The monoisotopic (exact) mass is 418 g/mol. The predicted molar refractivity (Wildman–Crippen MR) is 121 cm³/mol. The second kappa shape index (κ2) is 8.33. The average molecular weight is 419 g/mol. The van der Waals surface area contributed by atoms with E-state index < -0.39 is 0 Å². The quantitative estimate of drug-likeness (QED) is 0.533. The smallest absolute Gasteiger partial charge is 0.258 e. The summed E-state index contributed by atoms with van der Waals surface area (Å²) in [6.07, 6.45) is 0.611. The van der Waals surface area contributed by atoms with Gasteiger partial charge in [-0.25, -0.2) is 0 Å². The summed E-state index contributed by atoms with van der Waals surface area (Å²) in [6.45, 7) is 3.60. The summed E-state index contributed by atoms with van der Waals surface area (Å²) in [4.78, 5) is 29.7. The molecule has 1 aliphatic heterocycles. The molecular formula is C25H23ClN2O2. The highest BCUT2D eigenvalue weighted by Crippen LogP contribution is 2.43. The lowest BCUT2D eigenvalue weighted by Crippen LogP contribution is -2.47. The number of anilines is 2. The number of carbonyl (C=O) groups is 2. The number of carbonyl (C=O) groups excluding carboxylic acids is 2. The van der Waals surface area contributed by atoms with Gasteiger partial charge in [0.15, 0.2) is 0 Å². The van der Waals surface area contributed by atoms with Crippen LogP contribution >= 0.6 is 11.6 Å². The molecule has 0 aromatic heterocycles. The molecule has 0 spiro atoms. The van der Waals surface area contributed by atoms with Crippen LogP contribution in [0.4, 0.5) is 11.4 Å². The number of hydrogen-bond donors (Lipinski definition) is 0. The molecule has 5 heteroatoms. The zero-order chi connectivity index (χ0) is 21.3. The van der Waals surface area contributed by atoms with Gasteiger partial charge in [0.1, 0.15) is 0 Å². The maximum Gasteiger partial charge on any atom is 0.258 e. The SMILES string of the molecule is CC(=O)N(c1ccccc1)[C@H]1C[C@@H](C)N(C(=O)c2ccccc2)c2ccc(Cl)cc21. The Kier molecular flexibility index (Phi) is 5.60. The van der Waals surface area contributed by atoms with Gasteiger partial charge < -0.3 is 9.80 Å². The Morgan fingerprint density at radius 3 is 2.23 bits per heavy atom. The highest BCUT2D eigenvalue weighted by atomic mass is 35.5. The molecule has 3 aromatic rings. The number of hydrogen-bond acceptors (Lipinski definition) is 2. The molecule has 30 heavy (non-hydrogen) atoms. The van der Waals surface area contributed by atoms with Crippen molar-refractivity contribution in [2.45, 2.75) is 32.4 Å². The lowest BCUT2D eigenvalue weighted by molar-refractivity contribution is -0.117. The molecule has 3 aromatic carbocycles. The molecule has 2 amide bonds. The summed E-state index contributed by atoms with van der Waals surface area (Å²) in [5, 5.41) is 0.581. The van der Waals surface area contributed by atoms with Crippen LogP contribution in [0.15, 0.2) is 78.9 Å². The number of para-hydroxylation sites is 1. The minimum atomic E-state index is -0.214. The molecule has 152 valence electrons. The number of benzene rings is 3. The first kappa shape index (κ1) is 20.2. The standard InChI is InChI=1S/C25H23ClN2O2/c1-17-15-24(28(18(2)29)21-11-7-4-8-12-21)22-16-20(26)13-14-23(22)27(17)25(30)19-9-5-3-6-10-19/h3-14,16-17,24H,15H2,1-2H3/t17-,24+/m1/s1. The van der Waals surface area contributed by atoms with Crippen molar-refractivity contribution >= 4 is 34.8 Å². The van der Waals surface area contributed by atoms with E-state index in [0.29, 0.717) is 17.0 Å². The van der Waals surface area contributed by atoms with Gasteiger partial charge in [0, 0.05) is 40.5 Å². The third-order valence-corrected chi connectivity index (χ3v) is 5.77. The van der Waals surface area contributed by atoms with Gasteiger partial charge >= 0.3 is 0 Å². The van der Waals surface area contributed by atoms with Crippen molar-refractivity contribution in [1.29, 1.82) is 0 Å². The third kappa shape index (κ3) is 3.71. The predicted octanol–water partition coefficient (Wildman–Crippen LogP) is 5.87. The van der Waals surface area contributed by atoms with Crippen molar-refractivity contribution in [2.75, 3.05) is 9.80 Å². The molecule has 0 fully saturated rings. The van der Waals surface area contributed by atoms with Gasteiger partial charge in [-0.05, 0) is 55.8 Å². The third-order valence-electron chi connectivity index (χ3n) is 5.54. The average Bonchev–Trinajstić information content (AvgIpc) is 2.75. The highest BCUT2D eigenvalue weighted by molar-refractivity contribution is 6.30. The normalized spacial score (nSPS) is 17.9. The summed E-state index contributed by atoms with van der Waals surface area (Å²) in [5.41, 5.74) is 3.13. The molecule has 0 bridgehead atoms. The lowest BCUT2D eigenvalue weighted by atomic mass is 9.89. The summed E-state index contributed by atoms with van der Waals surface area (Å²) in [6, 6.07) is 24.1. The van der Waals surface area contributed by atoms with Crippen molar-refractivity contribution in [2.24, 2.45) is 0 Å². The van der Waals surface area contributed by atoms with Crippen molar-refractivity contribution in [3.8, 4) is 0 Å². The van der Waals surface area contributed by atoms with E-state index >= 15 is 0 Å². The summed E-state index contributed by atoms with van der Waals surface area (Å²) in [7, 11) is 0.